The molecule has 5 aromatic carbocycles. The lowest BCUT2D eigenvalue weighted by Gasteiger charge is -2.14. The molecule has 0 heterocycles. The van der Waals surface area contributed by atoms with Crippen molar-refractivity contribution in [3.05, 3.63) is 156 Å². The van der Waals surface area contributed by atoms with E-state index >= 15 is 0 Å². The van der Waals surface area contributed by atoms with Crippen LogP contribution in [0.1, 0.15) is 49.3 Å². The van der Waals surface area contributed by atoms with E-state index < -0.39 is 34.9 Å². The van der Waals surface area contributed by atoms with Crippen molar-refractivity contribution in [3.63, 3.8) is 0 Å². The molecule has 0 bridgehead atoms. The number of aryl methyl sites for hydroxylation is 1. The van der Waals surface area contributed by atoms with Crippen LogP contribution in [0.2, 0.25) is 0 Å². The number of aliphatic hydroxyl groups is 2. The van der Waals surface area contributed by atoms with Gasteiger partial charge in [0.15, 0.2) is 19.5 Å². The third-order valence-electron chi connectivity index (χ3n) is 8.87. The first-order valence-corrected chi connectivity index (χ1v) is 19.6. The Balaban J connectivity index is 1.16. The van der Waals surface area contributed by atoms with Crippen molar-refractivity contribution in [2.24, 2.45) is 0 Å². The van der Waals surface area contributed by atoms with E-state index in [2.05, 4.69) is 9.44 Å². The van der Waals surface area contributed by atoms with Gasteiger partial charge in [-0.05, 0) is 113 Å². The van der Waals surface area contributed by atoms with Gasteiger partial charge in [-0.2, -0.15) is 0 Å². The summed E-state index contributed by atoms with van der Waals surface area (Å²) in [6.45, 7) is 0.665. The van der Waals surface area contributed by atoms with Crippen molar-refractivity contribution < 1.29 is 62.9 Å². The summed E-state index contributed by atoms with van der Waals surface area (Å²) in [5, 5.41) is 41.6. The van der Waals surface area contributed by atoms with Crippen LogP contribution in [0.25, 0.3) is 0 Å². The number of rotatable bonds is 24. The number of nitrogens with zero attached hydrogens (tertiary/aromatic N) is 2. The minimum Gasteiger partial charge on any atom is -0.489 e. The van der Waals surface area contributed by atoms with Gasteiger partial charge >= 0.3 is 0 Å². The molecule has 0 saturated heterocycles. The van der Waals surface area contributed by atoms with Crippen LogP contribution < -0.4 is 33.1 Å². The van der Waals surface area contributed by atoms with Gasteiger partial charge in [-0.25, -0.2) is 0 Å². The van der Waals surface area contributed by atoms with Crippen LogP contribution in [0.5, 0.6) is 28.7 Å². The maximum Gasteiger partial charge on any atom is 0.280 e. The molecule has 20 heteroatoms. The van der Waals surface area contributed by atoms with Gasteiger partial charge in [-0.15, -0.1) is 0 Å². The van der Waals surface area contributed by atoms with E-state index in [1.165, 1.54) is 30.3 Å². The van der Waals surface area contributed by atoms with Gasteiger partial charge in [0.2, 0.25) is 0 Å². The maximum absolute atomic E-state index is 12.7. The van der Waals surface area contributed by atoms with Crippen molar-refractivity contribution >= 4 is 41.6 Å². The maximum atomic E-state index is 12.7. The number of nitrogens with one attached hydrogen (secondary N) is 2. The lowest BCUT2D eigenvalue weighted by atomic mass is 10.1. The SMILES string of the molecule is COCc1cc(COc2ccc(CO)c(C)c2)cc(OCC(=O)NSNC(=O)COc2cc(COc3ccc([N+](=O)[O-])c(C=O)c3)cc(COc3ccc([N+](=O)[O-])c(CO)c3)c2)c1. The van der Waals surface area contributed by atoms with Crippen LogP contribution >= 0.6 is 12.1 Å². The van der Waals surface area contributed by atoms with Crippen molar-refractivity contribution in [3.8, 4) is 28.7 Å². The zero-order chi connectivity index (χ0) is 45.3. The molecule has 0 atom stereocenters. The quantitative estimate of drug-likeness (QED) is 0.0249. The van der Waals surface area contributed by atoms with Gasteiger partial charge in [0.1, 0.15) is 48.6 Å². The first-order valence-electron chi connectivity index (χ1n) is 18.8. The number of ether oxygens (including phenoxy) is 6. The number of nitro benzene ring substituents is 2. The molecule has 330 valence electrons. The Kier molecular flexibility index (Phi) is 17.2. The molecule has 5 aromatic rings. The highest BCUT2D eigenvalue weighted by Gasteiger charge is 2.17. The fourth-order valence-electron chi connectivity index (χ4n) is 5.89. The number of hydrogen-bond acceptors (Lipinski definition) is 16. The van der Waals surface area contributed by atoms with Crippen LogP contribution in [0.3, 0.4) is 0 Å². The summed E-state index contributed by atoms with van der Waals surface area (Å²) in [6, 6.07) is 23.2. The monoisotopic (exact) mass is 886 g/mol. The number of carbonyl (C=O) groups excluding carboxylic acids is 3. The van der Waals surface area contributed by atoms with Crippen LogP contribution in [0.4, 0.5) is 11.4 Å². The summed E-state index contributed by atoms with van der Waals surface area (Å²) in [6.07, 6.45) is 0.345. The summed E-state index contributed by atoms with van der Waals surface area (Å²) in [5.74, 6) is 0.458. The fourth-order valence-corrected chi connectivity index (χ4v) is 6.29. The molecule has 0 saturated carbocycles. The average Bonchev–Trinajstić information content (AvgIpc) is 3.27. The molecule has 0 aromatic heterocycles. The van der Waals surface area contributed by atoms with E-state index in [4.69, 9.17) is 28.4 Å². The van der Waals surface area contributed by atoms with Crippen molar-refractivity contribution in [2.45, 2.75) is 46.6 Å². The highest BCUT2D eigenvalue weighted by Crippen LogP contribution is 2.28. The topological polar surface area (TPSA) is 257 Å². The van der Waals surface area contributed by atoms with E-state index in [9.17, 15) is 44.8 Å². The molecular formula is C43H42N4O15S. The zero-order valence-electron chi connectivity index (χ0n) is 33.9. The minimum absolute atomic E-state index is 0.0518. The number of aliphatic hydroxyl groups excluding tert-OH is 2. The Bertz CT molecular complexity index is 2450. The first kappa shape index (κ1) is 46.8. The zero-order valence-corrected chi connectivity index (χ0v) is 34.7. The highest BCUT2D eigenvalue weighted by atomic mass is 32.2. The molecule has 0 unspecified atom stereocenters. The van der Waals surface area contributed by atoms with E-state index in [0.29, 0.717) is 41.0 Å². The largest absolute Gasteiger partial charge is 0.489 e. The van der Waals surface area contributed by atoms with Gasteiger partial charge in [-0.1, -0.05) is 6.07 Å². The lowest BCUT2D eigenvalue weighted by Crippen LogP contribution is -2.31. The molecule has 0 aliphatic rings. The fraction of sp³-hybridized carbons (Fsp3) is 0.233. The van der Waals surface area contributed by atoms with Crippen LogP contribution in [-0.4, -0.2) is 58.5 Å². The number of hydrogen-bond donors (Lipinski definition) is 4. The van der Waals surface area contributed by atoms with Gasteiger partial charge in [0.05, 0.1) is 52.9 Å². The van der Waals surface area contributed by atoms with Crippen molar-refractivity contribution in [1.82, 2.24) is 9.44 Å². The molecule has 0 fully saturated rings. The lowest BCUT2D eigenvalue weighted by molar-refractivity contribution is -0.385. The summed E-state index contributed by atoms with van der Waals surface area (Å²) in [5.41, 5.74) is 3.50. The average molecular weight is 887 g/mol. The summed E-state index contributed by atoms with van der Waals surface area (Å²) in [4.78, 5) is 58.0. The van der Waals surface area contributed by atoms with Gasteiger partial charge in [0, 0.05) is 19.2 Å². The summed E-state index contributed by atoms with van der Waals surface area (Å²) < 4.78 is 39.2. The smallest absolute Gasteiger partial charge is 0.280 e. The Morgan fingerprint density at radius 3 is 1.52 bits per heavy atom. The molecule has 19 nitrogen and oxygen atoms in total. The molecule has 2 amide bonds. The standard InChI is InChI=1S/C43H42N4O15S/c1-27-9-35(4-3-32(27)18-48)58-22-29-10-28(21-57-2)12-38(13-29)61-25-42(51)44-63-45-43(52)26-62-39-14-30(23-59-36-5-7-40(46(53)54)33(16-36)19-49)11-31(15-39)24-60-37-6-8-41(47(55)56)34(17-37)20-50/h3-17,19,48,50H,18,20-26H2,1-2H3,(H,44,51)(H,45,52). The third kappa shape index (κ3) is 14.1. The van der Waals surface area contributed by atoms with Crippen LogP contribution in [0.15, 0.2) is 91.0 Å². The molecule has 4 N–H and O–H groups in total. The predicted octanol–water partition coefficient (Wildman–Crippen LogP) is 5.75. The summed E-state index contributed by atoms with van der Waals surface area (Å²) >= 11 is 0.611. The minimum atomic E-state index is -0.687. The number of aldehydes is 1. The highest BCUT2D eigenvalue weighted by molar-refractivity contribution is 7.96. The Morgan fingerprint density at radius 2 is 1.06 bits per heavy atom. The Morgan fingerprint density at radius 1 is 0.603 bits per heavy atom. The normalized spacial score (nSPS) is 10.7. The molecule has 63 heavy (non-hydrogen) atoms. The molecular weight excluding hydrogens is 845 g/mol. The molecule has 0 radical (unpaired) electrons. The number of methoxy groups -OCH3 is 1. The van der Waals surface area contributed by atoms with E-state index in [1.54, 1.807) is 49.6 Å². The van der Waals surface area contributed by atoms with Gasteiger partial charge in [0.25, 0.3) is 23.2 Å². The Hall–Kier alpha value is -7.26. The van der Waals surface area contributed by atoms with Crippen LogP contribution in [0, 0.1) is 27.2 Å². The molecule has 5 rings (SSSR count). The van der Waals surface area contributed by atoms with E-state index in [-0.39, 0.29) is 79.4 Å². The molecule has 0 aliphatic carbocycles. The van der Waals surface area contributed by atoms with Crippen molar-refractivity contribution in [2.75, 3.05) is 20.3 Å². The van der Waals surface area contributed by atoms with Gasteiger partial charge < -0.3 is 38.6 Å². The number of benzene rings is 5. The number of carbonyl (C=O) groups is 3. The summed E-state index contributed by atoms with van der Waals surface area (Å²) in [7, 11) is 1.55. The van der Waals surface area contributed by atoms with Gasteiger partial charge in [-0.3, -0.25) is 44.1 Å². The Labute approximate surface area is 364 Å². The second-order valence-electron chi connectivity index (χ2n) is 13.5. The third-order valence-corrected chi connectivity index (χ3v) is 9.53. The number of amides is 2. The van der Waals surface area contributed by atoms with Crippen molar-refractivity contribution in [1.29, 1.82) is 0 Å². The second kappa shape index (κ2) is 23.1. The van der Waals surface area contributed by atoms with E-state index in [0.717, 1.165) is 28.3 Å². The number of nitro groups is 2. The predicted molar refractivity (Wildman–Crippen MR) is 226 cm³/mol. The second-order valence-corrected chi connectivity index (χ2v) is 14.2. The van der Waals surface area contributed by atoms with E-state index in [1.807, 2.05) is 19.1 Å². The first-order chi connectivity index (χ1) is 30.4. The molecule has 0 aliphatic heterocycles. The van der Waals surface area contributed by atoms with Crippen LogP contribution in [-0.2, 0) is 54.0 Å². The molecule has 0 spiro atoms.